The summed E-state index contributed by atoms with van der Waals surface area (Å²) in [6, 6.07) is 4.90. The normalized spacial score (nSPS) is 15.5. The molecule has 2 heterocycles. The number of aromatic nitrogens is 2. The first-order valence-corrected chi connectivity index (χ1v) is 11.2. The van der Waals surface area contributed by atoms with Crippen molar-refractivity contribution in [1.82, 2.24) is 19.8 Å². The average Bonchev–Trinajstić information content (AvgIpc) is 3.10. The Hall–Kier alpha value is -2.19. The first-order valence-electron chi connectivity index (χ1n) is 9.77. The Morgan fingerprint density at radius 1 is 1.21 bits per heavy atom. The van der Waals surface area contributed by atoms with Crippen LogP contribution in [0, 0.1) is 13.8 Å². The smallest absolute Gasteiger partial charge is 0.251 e. The molecule has 1 aliphatic rings. The molecule has 7 nitrogen and oxygen atoms in total. The van der Waals surface area contributed by atoms with Crippen molar-refractivity contribution < 1.29 is 13.2 Å². The average molecular weight is 405 g/mol. The quantitative estimate of drug-likeness (QED) is 0.694. The van der Waals surface area contributed by atoms with Gasteiger partial charge in [-0.1, -0.05) is 12.5 Å². The van der Waals surface area contributed by atoms with E-state index in [1.54, 1.807) is 25.3 Å². The van der Waals surface area contributed by atoms with E-state index in [-0.39, 0.29) is 10.8 Å². The van der Waals surface area contributed by atoms with E-state index in [2.05, 4.69) is 15.5 Å². The number of carbonyl (C=O) groups excluding carboxylic acids is 1. The number of aryl methyl sites for hydroxylation is 3. The van der Waals surface area contributed by atoms with Gasteiger partial charge in [-0.15, -0.1) is 0 Å². The van der Waals surface area contributed by atoms with Gasteiger partial charge in [-0.05, 0) is 62.8 Å². The van der Waals surface area contributed by atoms with Crippen LogP contribution in [0.4, 0.5) is 0 Å². The molecule has 0 saturated carbocycles. The molecule has 1 saturated heterocycles. The van der Waals surface area contributed by atoms with E-state index < -0.39 is 10.0 Å². The lowest BCUT2D eigenvalue weighted by molar-refractivity contribution is 0.0953. The fourth-order valence-electron chi connectivity index (χ4n) is 3.47. The molecule has 2 N–H and O–H groups in total. The Kier molecular flexibility index (Phi) is 6.51. The van der Waals surface area contributed by atoms with E-state index in [9.17, 15) is 13.2 Å². The number of H-pyrrole nitrogens is 1. The summed E-state index contributed by atoms with van der Waals surface area (Å²) in [6.45, 7) is 5.35. The van der Waals surface area contributed by atoms with Crippen LogP contribution in [0.15, 0.2) is 29.3 Å². The second-order valence-electron chi connectivity index (χ2n) is 7.32. The van der Waals surface area contributed by atoms with Gasteiger partial charge in [-0.3, -0.25) is 9.89 Å². The van der Waals surface area contributed by atoms with Gasteiger partial charge in [0, 0.05) is 30.9 Å². The SMILES string of the molecule is Cc1ccc(C(=O)NCCCc2cn[nH]c2C)cc1S(=O)(=O)N1CCCCC1. The number of nitrogens with one attached hydrogen (secondary N) is 2. The maximum Gasteiger partial charge on any atom is 0.251 e. The second kappa shape index (κ2) is 8.87. The number of rotatable bonds is 7. The van der Waals surface area contributed by atoms with Crippen molar-refractivity contribution in [2.75, 3.05) is 19.6 Å². The van der Waals surface area contributed by atoms with Gasteiger partial charge in [0.15, 0.2) is 0 Å². The van der Waals surface area contributed by atoms with Gasteiger partial charge in [0.1, 0.15) is 0 Å². The molecule has 28 heavy (non-hydrogen) atoms. The molecule has 0 radical (unpaired) electrons. The number of hydrogen-bond acceptors (Lipinski definition) is 4. The molecule has 1 aromatic heterocycles. The highest BCUT2D eigenvalue weighted by Gasteiger charge is 2.28. The molecule has 2 aromatic rings. The predicted octanol–water partition coefficient (Wildman–Crippen LogP) is 2.56. The summed E-state index contributed by atoms with van der Waals surface area (Å²) in [5.74, 6) is -0.251. The Morgan fingerprint density at radius 3 is 2.64 bits per heavy atom. The summed E-state index contributed by atoms with van der Waals surface area (Å²) in [5, 5.41) is 9.77. The van der Waals surface area contributed by atoms with Crippen LogP contribution in [-0.2, 0) is 16.4 Å². The van der Waals surface area contributed by atoms with Gasteiger partial charge in [0.05, 0.1) is 11.1 Å². The van der Waals surface area contributed by atoms with E-state index in [0.717, 1.165) is 43.4 Å². The molecule has 152 valence electrons. The Bertz CT molecular complexity index is 931. The molecule has 1 fully saturated rings. The van der Waals surface area contributed by atoms with Gasteiger partial charge in [0.25, 0.3) is 5.91 Å². The number of amides is 1. The fourth-order valence-corrected chi connectivity index (χ4v) is 5.24. The van der Waals surface area contributed by atoms with Crippen LogP contribution in [0.2, 0.25) is 0 Å². The zero-order valence-electron chi connectivity index (χ0n) is 16.5. The van der Waals surface area contributed by atoms with Gasteiger partial charge in [-0.2, -0.15) is 9.40 Å². The lowest BCUT2D eigenvalue weighted by Crippen LogP contribution is -2.36. The van der Waals surface area contributed by atoms with E-state index in [1.807, 2.05) is 6.92 Å². The lowest BCUT2D eigenvalue weighted by Gasteiger charge is -2.26. The summed E-state index contributed by atoms with van der Waals surface area (Å²) in [4.78, 5) is 12.7. The molecule has 8 heteroatoms. The van der Waals surface area contributed by atoms with Crippen molar-refractivity contribution in [3.05, 3.63) is 46.8 Å². The minimum absolute atomic E-state index is 0.232. The van der Waals surface area contributed by atoms with E-state index >= 15 is 0 Å². The number of aromatic amines is 1. The number of piperidine rings is 1. The molecule has 1 amide bonds. The highest BCUT2D eigenvalue weighted by atomic mass is 32.2. The van der Waals surface area contributed by atoms with Crippen LogP contribution in [0.1, 0.15) is 52.9 Å². The maximum absolute atomic E-state index is 13.0. The van der Waals surface area contributed by atoms with Crippen molar-refractivity contribution in [3.8, 4) is 0 Å². The summed E-state index contributed by atoms with van der Waals surface area (Å²) >= 11 is 0. The van der Waals surface area contributed by atoms with Gasteiger partial charge in [-0.25, -0.2) is 8.42 Å². The Labute approximate surface area is 166 Å². The van der Waals surface area contributed by atoms with Crippen LogP contribution in [-0.4, -0.2) is 48.5 Å². The summed E-state index contributed by atoms with van der Waals surface area (Å²) in [5.41, 5.74) is 3.22. The van der Waals surface area contributed by atoms with Crippen molar-refractivity contribution >= 4 is 15.9 Å². The summed E-state index contributed by atoms with van der Waals surface area (Å²) in [6.07, 6.45) is 6.24. The number of carbonyl (C=O) groups is 1. The van der Waals surface area contributed by atoms with Crippen molar-refractivity contribution in [2.45, 2.75) is 50.8 Å². The Morgan fingerprint density at radius 2 is 1.96 bits per heavy atom. The molecule has 1 aromatic carbocycles. The number of hydrogen-bond donors (Lipinski definition) is 2. The molecule has 1 aliphatic heterocycles. The molecule has 0 unspecified atom stereocenters. The molecule has 0 spiro atoms. The molecule has 0 atom stereocenters. The lowest BCUT2D eigenvalue weighted by atomic mass is 10.1. The van der Waals surface area contributed by atoms with Crippen LogP contribution in [0.3, 0.4) is 0 Å². The van der Waals surface area contributed by atoms with Gasteiger partial charge in [0.2, 0.25) is 10.0 Å². The van der Waals surface area contributed by atoms with Crippen LogP contribution in [0.25, 0.3) is 0 Å². The van der Waals surface area contributed by atoms with Crippen LogP contribution in [0.5, 0.6) is 0 Å². The molecule has 0 aliphatic carbocycles. The minimum Gasteiger partial charge on any atom is -0.352 e. The predicted molar refractivity (Wildman–Crippen MR) is 108 cm³/mol. The van der Waals surface area contributed by atoms with E-state index in [1.165, 1.54) is 10.4 Å². The zero-order chi connectivity index (χ0) is 20.1. The number of sulfonamides is 1. The Balaban J connectivity index is 1.64. The fraction of sp³-hybridized carbons (Fsp3) is 0.500. The third-order valence-corrected chi connectivity index (χ3v) is 7.27. The minimum atomic E-state index is -3.57. The van der Waals surface area contributed by atoms with E-state index in [0.29, 0.717) is 30.8 Å². The monoisotopic (exact) mass is 404 g/mol. The molecular weight excluding hydrogens is 376 g/mol. The largest absolute Gasteiger partial charge is 0.352 e. The van der Waals surface area contributed by atoms with Crippen molar-refractivity contribution in [2.24, 2.45) is 0 Å². The maximum atomic E-state index is 13.0. The highest BCUT2D eigenvalue weighted by Crippen LogP contribution is 2.24. The van der Waals surface area contributed by atoms with E-state index in [4.69, 9.17) is 0 Å². The second-order valence-corrected chi connectivity index (χ2v) is 9.23. The summed E-state index contributed by atoms with van der Waals surface area (Å²) < 4.78 is 27.5. The third-order valence-electron chi connectivity index (χ3n) is 5.23. The number of nitrogens with zero attached hydrogens (tertiary/aromatic N) is 2. The van der Waals surface area contributed by atoms with Crippen LogP contribution >= 0.6 is 0 Å². The van der Waals surface area contributed by atoms with Gasteiger partial charge >= 0.3 is 0 Å². The van der Waals surface area contributed by atoms with Gasteiger partial charge < -0.3 is 5.32 Å². The highest BCUT2D eigenvalue weighted by molar-refractivity contribution is 7.89. The molecule has 0 bridgehead atoms. The third kappa shape index (κ3) is 4.62. The zero-order valence-corrected chi connectivity index (χ0v) is 17.3. The summed E-state index contributed by atoms with van der Waals surface area (Å²) in [7, 11) is -3.57. The first-order chi connectivity index (χ1) is 13.4. The molecular formula is C20H28N4O3S. The first kappa shape index (κ1) is 20.5. The van der Waals surface area contributed by atoms with Crippen molar-refractivity contribution in [3.63, 3.8) is 0 Å². The topological polar surface area (TPSA) is 95.2 Å². The number of benzene rings is 1. The van der Waals surface area contributed by atoms with Crippen molar-refractivity contribution in [1.29, 1.82) is 0 Å². The van der Waals surface area contributed by atoms with Crippen LogP contribution < -0.4 is 5.32 Å². The molecule has 3 rings (SSSR count). The standard InChI is InChI=1S/C20H28N4O3S/c1-15-8-9-17(13-19(15)28(26,27)24-11-4-3-5-12-24)20(25)21-10-6-7-18-14-22-23-16(18)2/h8-9,13-14H,3-7,10-12H2,1-2H3,(H,21,25)(H,22,23).